The molecule has 1 aliphatic carbocycles. The summed E-state index contributed by atoms with van der Waals surface area (Å²) < 4.78 is 10.3. The summed E-state index contributed by atoms with van der Waals surface area (Å²) in [4.78, 5) is 0. The highest BCUT2D eigenvalue weighted by atomic mass is 35.5. The molecule has 0 N–H and O–H groups in total. The molecule has 1 saturated carbocycles. The summed E-state index contributed by atoms with van der Waals surface area (Å²) in [6, 6.07) is 0. The maximum absolute atomic E-state index is 5.91. The minimum absolute atomic E-state index is 0.372. The molecule has 2 rings (SSSR count). The standard InChI is InChI=1S/C10H15ClN2OS/c1-7-4-2-3-5-9(7)14-6-8-10(11)15-13-12-8/h7,9H,2-6H2,1H3. The molecule has 0 amide bonds. The highest BCUT2D eigenvalue weighted by Gasteiger charge is 2.22. The van der Waals surface area contributed by atoms with Crippen molar-refractivity contribution in [2.24, 2.45) is 5.92 Å². The van der Waals surface area contributed by atoms with Crippen molar-refractivity contribution in [2.75, 3.05) is 0 Å². The van der Waals surface area contributed by atoms with Crippen LogP contribution in [0.1, 0.15) is 38.3 Å². The zero-order valence-electron chi connectivity index (χ0n) is 8.78. The molecular formula is C10H15ClN2OS. The van der Waals surface area contributed by atoms with E-state index < -0.39 is 0 Å². The van der Waals surface area contributed by atoms with Gasteiger partial charge < -0.3 is 4.74 Å². The van der Waals surface area contributed by atoms with E-state index in [1.165, 1.54) is 30.8 Å². The van der Waals surface area contributed by atoms with Gasteiger partial charge in [0, 0.05) is 11.5 Å². The lowest BCUT2D eigenvalue weighted by molar-refractivity contribution is -0.0167. The van der Waals surface area contributed by atoms with Crippen LogP contribution in [-0.4, -0.2) is 15.7 Å². The monoisotopic (exact) mass is 246 g/mol. The molecule has 0 radical (unpaired) electrons. The average Bonchev–Trinajstić information content (AvgIpc) is 2.63. The molecule has 1 aromatic rings. The quantitative estimate of drug-likeness (QED) is 0.821. The Bertz CT molecular complexity index is 318. The van der Waals surface area contributed by atoms with Gasteiger partial charge in [-0.05, 0) is 18.8 Å². The summed E-state index contributed by atoms with van der Waals surface area (Å²) in [6.45, 7) is 2.76. The van der Waals surface area contributed by atoms with Gasteiger partial charge >= 0.3 is 0 Å². The maximum Gasteiger partial charge on any atom is 0.139 e. The van der Waals surface area contributed by atoms with Gasteiger partial charge in [-0.15, -0.1) is 5.10 Å². The smallest absolute Gasteiger partial charge is 0.139 e. The third kappa shape index (κ3) is 2.89. The van der Waals surface area contributed by atoms with Crippen molar-refractivity contribution in [3.05, 3.63) is 10.0 Å². The number of hydrogen-bond acceptors (Lipinski definition) is 4. The zero-order chi connectivity index (χ0) is 10.7. The second-order valence-corrected chi connectivity index (χ2v) is 5.46. The largest absolute Gasteiger partial charge is 0.371 e. The van der Waals surface area contributed by atoms with Crippen molar-refractivity contribution < 1.29 is 4.74 Å². The predicted octanol–water partition coefficient (Wildman–Crippen LogP) is 3.29. The fourth-order valence-corrected chi connectivity index (χ4v) is 2.60. The molecule has 1 aliphatic rings. The fraction of sp³-hybridized carbons (Fsp3) is 0.800. The van der Waals surface area contributed by atoms with E-state index in [2.05, 4.69) is 16.5 Å². The van der Waals surface area contributed by atoms with Gasteiger partial charge in [0.25, 0.3) is 0 Å². The van der Waals surface area contributed by atoms with E-state index in [-0.39, 0.29) is 0 Å². The Kier molecular flexibility index (Phi) is 3.94. The third-order valence-electron chi connectivity index (χ3n) is 2.98. The SMILES string of the molecule is CC1CCCCC1OCc1nnsc1Cl. The number of halogens is 1. The van der Waals surface area contributed by atoms with E-state index in [4.69, 9.17) is 16.3 Å². The molecule has 0 bridgehead atoms. The topological polar surface area (TPSA) is 35.0 Å². The molecule has 2 atom stereocenters. The van der Waals surface area contributed by atoms with Gasteiger partial charge in [0.2, 0.25) is 0 Å². The Morgan fingerprint density at radius 3 is 2.93 bits per heavy atom. The molecule has 2 unspecified atom stereocenters. The van der Waals surface area contributed by atoms with E-state index in [0.717, 1.165) is 12.1 Å². The molecule has 0 saturated heterocycles. The molecular weight excluding hydrogens is 232 g/mol. The van der Waals surface area contributed by atoms with Crippen molar-refractivity contribution in [3.63, 3.8) is 0 Å². The summed E-state index contributed by atoms with van der Waals surface area (Å²) in [5.41, 5.74) is 0.777. The van der Waals surface area contributed by atoms with E-state index in [0.29, 0.717) is 23.0 Å². The van der Waals surface area contributed by atoms with Crippen molar-refractivity contribution in [1.29, 1.82) is 0 Å². The lowest BCUT2D eigenvalue weighted by atomic mass is 9.88. The number of ether oxygens (including phenoxy) is 1. The van der Waals surface area contributed by atoms with Crippen LogP contribution in [0.5, 0.6) is 0 Å². The normalized spacial score (nSPS) is 26.8. The Morgan fingerprint density at radius 2 is 2.27 bits per heavy atom. The van der Waals surface area contributed by atoms with Gasteiger partial charge in [-0.25, -0.2) is 0 Å². The average molecular weight is 247 g/mol. The molecule has 0 aromatic carbocycles. The summed E-state index contributed by atoms with van der Waals surface area (Å²) >= 11 is 7.12. The van der Waals surface area contributed by atoms with Crippen LogP contribution in [0.3, 0.4) is 0 Å². The molecule has 1 fully saturated rings. The van der Waals surface area contributed by atoms with E-state index in [1.54, 1.807) is 0 Å². The van der Waals surface area contributed by atoms with E-state index >= 15 is 0 Å². The zero-order valence-corrected chi connectivity index (χ0v) is 10.4. The van der Waals surface area contributed by atoms with Gasteiger partial charge in [0.15, 0.2) is 0 Å². The number of rotatable bonds is 3. The van der Waals surface area contributed by atoms with Crippen LogP contribution in [0, 0.1) is 5.92 Å². The number of nitrogens with zero attached hydrogens (tertiary/aromatic N) is 2. The van der Waals surface area contributed by atoms with Gasteiger partial charge in [-0.3, -0.25) is 0 Å². The molecule has 1 aromatic heterocycles. The van der Waals surface area contributed by atoms with Crippen LogP contribution in [0.4, 0.5) is 0 Å². The van der Waals surface area contributed by atoms with Crippen LogP contribution in [0.2, 0.25) is 4.34 Å². The predicted molar refractivity (Wildman–Crippen MR) is 61.1 cm³/mol. The molecule has 0 aliphatic heterocycles. The Morgan fingerprint density at radius 1 is 1.47 bits per heavy atom. The fourth-order valence-electron chi connectivity index (χ4n) is 2.00. The summed E-state index contributed by atoms with van der Waals surface area (Å²) in [6.07, 6.45) is 5.42. The molecule has 15 heavy (non-hydrogen) atoms. The molecule has 3 nitrogen and oxygen atoms in total. The van der Waals surface area contributed by atoms with Gasteiger partial charge in [-0.1, -0.05) is 35.9 Å². The first-order chi connectivity index (χ1) is 7.27. The van der Waals surface area contributed by atoms with Gasteiger partial charge in [0.05, 0.1) is 12.7 Å². The minimum atomic E-state index is 0.372. The second-order valence-electron chi connectivity index (χ2n) is 4.10. The van der Waals surface area contributed by atoms with E-state index in [9.17, 15) is 0 Å². The van der Waals surface area contributed by atoms with Crippen LogP contribution in [-0.2, 0) is 11.3 Å². The summed E-state index contributed by atoms with van der Waals surface area (Å²) in [5.74, 6) is 0.657. The van der Waals surface area contributed by atoms with Crippen LogP contribution >= 0.6 is 23.1 Å². The Labute approximate surface area is 99.0 Å². The third-order valence-corrected chi connectivity index (χ3v) is 3.96. The Hall–Kier alpha value is -0.190. The van der Waals surface area contributed by atoms with Crippen molar-refractivity contribution in [2.45, 2.75) is 45.3 Å². The number of aromatic nitrogens is 2. The minimum Gasteiger partial charge on any atom is -0.371 e. The van der Waals surface area contributed by atoms with Crippen molar-refractivity contribution in [3.8, 4) is 0 Å². The molecule has 5 heteroatoms. The van der Waals surface area contributed by atoms with Gasteiger partial charge in [-0.2, -0.15) is 0 Å². The molecule has 0 spiro atoms. The lowest BCUT2D eigenvalue weighted by Crippen LogP contribution is -2.25. The van der Waals surface area contributed by atoms with Gasteiger partial charge in [0.1, 0.15) is 10.0 Å². The van der Waals surface area contributed by atoms with Crippen LogP contribution in [0.15, 0.2) is 0 Å². The van der Waals surface area contributed by atoms with Crippen molar-refractivity contribution >= 4 is 23.1 Å². The molecule has 84 valence electrons. The highest BCUT2D eigenvalue weighted by molar-refractivity contribution is 7.10. The molecule has 1 heterocycles. The van der Waals surface area contributed by atoms with Crippen molar-refractivity contribution in [1.82, 2.24) is 9.59 Å². The first-order valence-corrected chi connectivity index (χ1v) is 6.51. The van der Waals surface area contributed by atoms with Crippen LogP contribution in [0.25, 0.3) is 0 Å². The summed E-state index contributed by atoms with van der Waals surface area (Å²) in [5, 5.41) is 3.94. The second kappa shape index (κ2) is 5.23. The summed E-state index contributed by atoms with van der Waals surface area (Å²) in [7, 11) is 0. The first kappa shape index (κ1) is 11.3. The lowest BCUT2D eigenvalue weighted by Gasteiger charge is -2.28. The first-order valence-electron chi connectivity index (χ1n) is 5.35. The Balaban J connectivity index is 1.84. The number of hydrogen-bond donors (Lipinski definition) is 0. The van der Waals surface area contributed by atoms with E-state index in [1.807, 2.05) is 0 Å². The highest BCUT2D eigenvalue weighted by Crippen LogP contribution is 2.27. The van der Waals surface area contributed by atoms with Crippen LogP contribution < -0.4 is 0 Å². The maximum atomic E-state index is 5.91.